The fourth-order valence-corrected chi connectivity index (χ4v) is 2.27. The Labute approximate surface area is 118 Å². The van der Waals surface area contributed by atoms with Crippen LogP contribution in [-0.4, -0.2) is 28.7 Å². The summed E-state index contributed by atoms with van der Waals surface area (Å²) in [5.41, 5.74) is 1.21. The van der Waals surface area contributed by atoms with E-state index < -0.39 is 12.0 Å². The highest BCUT2D eigenvalue weighted by molar-refractivity contribution is 6.01. The molecule has 0 saturated heterocycles. The van der Waals surface area contributed by atoms with Crippen LogP contribution in [-0.2, 0) is 11.2 Å². The SMILES string of the molecule is CCC(C)(C)NC(=O)N1c2ccccc2C[C@H]1C(=O)O. The highest BCUT2D eigenvalue weighted by Gasteiger charge is 2.39. The van der Waals surface area contributed by atoms with Crippen molar-refractivity contribution < 1.29 is 14.7 Å². The van der Waals surface area contributed by atoms with Crippen molar-refractivity contribution in [2.45, 2.75) is 45.2 Å². The minimum atomic E-state index is -0.981. The molecule has 1 aromatic rings. The molecule has 0 bridgehead atoms. The number of urea groups is 1. The number of para-hydroxylation sites is 1. The van der Waals surface area contributed by atoms with Gasteiger partial charge in [0.25, 0.3) is 0 Å². The quantitative estimate of drug-likeness (QED) is 0.890. The van der Waals surface area contributed by atoms with Crippen LogP contribution in [0.2, 0.25) is 0 Å². The topological polar surface area (TPSA) is 69.6 Å². The molecule has 0 aromatic heterocycles. The predicted molar refractivity (Wildman–Crippen MR) is 77.0 cm³/mol. The maximum atomic E-state index is 12.4. The van der Waals surface area contributed by atoms with Gasteiger partial charge in [0.2, 0.25) is 0 Å². The van der Waals surface area contributed by atoms with Gasteiger partial charge in [0.05, 0.1) is 0 Å². The van der Waals surface area contributed by atoms with E-state index in [4.69, 9.17) is 0 Å². The molecule has 0 spiro atoms. The highest BCUT2D eigenvalue weighted by atomic mass is 16.4. The first kappa shape index (κ1) is 14.4. The number of fused-ring (bicyclic) bond motifs is 1. The Morgan fingerprint density at radius 1 is 1.40 bits per heavy atom. The van der Waals surface area contributed by atoms with E-state index in [1.807, 2.05) is 39.0 Å². The van der Waals surface area contributed by atoms with Gasteiger partial charge in [-0.15, -0.1) is 0 Å². The lowest BCUT2D eigenvalue weighted by Gasteiger charge is -2.30. The molecule has 1 aromatic carbocycles. The van der Waals surface area contributed by atoms with Crippen LogP contribution in [0.1, 0.15) is 32.8 Å². The Hall–Kier alpha value is -2.04. The summed E-state index contributed by atoms with van der Waals surface area (Å²) in [5, 5.41) is 12.2. The molecule has 108 valence electrons. The summed E-state index contributed by atoms with van der Waals surface area (Å²) >= 11 is 0. The van der Waals surface area contributed by atoms with Gasteiger partial charge in [-0.1, -0.05) is 25.1 Å². The second kappa shape index (κ2) is 5.15. The lowest BCUT2D eigenvalue weighted by molar-refractivity contribution is -0.138. The van der Waals surface area contributed by atoms with Crippen LogP contribution >= 0.6 is 0 Å². The van der Waals surface area contributed by atoms with Crippen molar-refractivity contribution in [3.05, 3.63) is 29.8 Å². The number of carboxylic acid groups (broad SMARTS) is 1. The third-order valence-electron chi connectivity index (χ3n) is 3.81. The number of carboxylic acids is 1. The van der Waals surface area contributed by atoms with Crippen LogP contribution in [0.4, 0.5) is 10.5 Å². The fourth-order valence-electron chi connectivity index (χ4n) is 2.27. The maximum absolute atomic E-state index is 12.4. The largest absolute Gasteiger partial charge is 0.480 e. The number of carbonyl (C=O) groups excluding carboxylic acids is 1. The first-order chi connectivity index (χ1) is 9.35. The summed E-state index contributed by atoms with van der Waals surface area (Å²) in [6, 6.07) is 6.14. The van der Waals surface area contributed by atoms with Gasteiger partial charge in [-0.2, -0.15) is 0 Å². The van der Waals surface area contributed by atoms with Crippen molar-refractivity contribution >= 4 is 17.7 Å². The lowest BCUT2D eigenvalue weighted by Crippen LogP contribution is -2.53. The molecule has 2 amide bonds. The first-order valence-corrected chi connectivity index (χ1v) is 6.78. The second-order valence-corrected chi connectivity index (χ2v) is 5.72. The van der Waals surface area contributed by atoms with E-state index in [1.165, 1.54) is 4.90 Å². The van der Waals surface area contributed by atoms with Crippen molar-refractivity contribution in [2.75, 3.05) is 4.90 Å². The lowest BCUT2D eigenvalue weighted by atomic mass is 10.0. The van der Waals surface area contributed by atoms with Crippen molar-refractivity contribution in [3.63, 3.8) is 0 Å². The van der Waals surface area contributed by atoms with Gasteiger partial charge in [-0.25, -0.2) is 9.59 Å². The summed E-state index contributed by atoms with van der Waals surface area (Å²) < 4.78 is 0. The Morgan fingerprint density at radius 2 is 2.05 bits per heavy atom. The Kier molecular flexibility index (Phi) is 3.70. The average molecular weight is 276 g/mol. The maximum Gasteiger partial charge on any atom is 0.327 e. The van der Waals surface area contributed by atoms with Crippen molar-refractivity contribution in [1.82, 2.24) is 5.32 Å². The minimum Gasteiger partial charge on any atom is -0.480 e. The van der Waals surface area contributed by atoms with E-state index in [9.17, 15) is 14.7 Å². The molecule has 1 aliphatic heterocycles. The molecule has 1 heterocycles. The van der Waals surface area contributed by atoms with Gasteiger partial charge in [-0.3, -0.25) is 4.90 Å². The van der Waals surface area contributed by atoms with E-state index in [1.54, 1.807) is 6.07 Å². The monoisotopic (exact) mass is 276 g/mol. The smallest absolute Gasteiger partial charge is 0.327 e. The number of rotatable bonds is 3. The summed E-state index contributed by atoms with van der Waals surface area (Å²) in [6.45, 7) is 5.82. The van der Waals surface area contributed by atoms with E-state index in [0.717, 1.165) is 12.0 Å². The van der Waals surface area contributed by atoms with Crippen LogP contribution in [0, 0.1) is 0 Å². The molecule has 0 unspecified atom stereocenters. The number of hydrogen-bond acceptors (Lipinski definition) is 2. The van der Waals surface area contributed by atoms with Gasteiger partial charge in [0, 0.05) is 17.6 Å². The van der Waals surface area contributed by atoms with Gasteiger partial charge in [-0.05, 0) is 31.9 Å². The second-order valence-electron chi connectivity index (χ2n) is 5.72. The molecule has 1 aliphatic rings. The van der Waals surface area contributed by atoms with Gasteiger partial charge >= 0.3 is 12.0 Å². The van der Waals surface area contributed by atoms with Crippen LogP contribution in [0.5, 0.6) is 0 Å². The third-order valence-corrected chi connectivity index (χ3v) is 3.81. The normalized spacial score (nSPS) is 17.8. The average Bonchev–Trinajstić information content (AvgIpc) is 2.77. The molecule has 5 nitrogen and oxygen atoms in total. The fraction of sp³-hybridized carbons (Fsp3) is 0.467. The highest BCUT2D eigenvalue weighted by Crippen LogP contribution is 2.32. The number of nitrogens with one attached hydrogen (secondary N) is 1. The molecule has 0 radical (unpaired) electrons. The summed E-state index contributed by atoms with van der Waals surface area (Å²) in [6.07, 6.45) is 1.12. The van der Waals surface area contributed by atoms with Crippen molar-refractivity contribution in [1.29, 1.82) is 0 Å². The molecule has 1 atom stereocenters. The number of aliphatic carboxylic acids is 1. The molecule has 0 saturated carbocycles. The van der Waals surface area contributed by atoms with E-state index >= 15 is 0 Å². The molecule has 0 aliphatic carbocycles. The standard InChI is InChI=1S/C15H20N2O3/c1-4-15(2,3)16-14(20)17-11-8-6-5-7-10(11)9-12(17)13(18)19/h5-8,12H,4,9H2,1-3H3,(H,16,20)(H,18,19)/t12-/m0/s1. The van der Waals surface area contributed by atoms with Gasteiger partial charge in [0.15, 0.2) is 0 Å². The van der Waals surface area contributed by atoms with Crippen LogP contribution in [0.15, 0.2) is 24.3 Å². The molecule has 2 N–H and O–H groups in total. The zero-order valence-electron chi connectivity index (χ0n) is 12.0. The zero-order valence-corrected chi connectivity index (χ0v) is 12.0. The van der Waals surface area contributed by atoms with Crippen molar-refractivity contribution in [2.24, 2.45) is 0 Å². The number of benzene rings is 1. The summed E-state index contributed by atoms with van der Waals surface area (Å²) in [5.74, 6) is -0.981. The number of nitrogens with zero attached hydrogens (tertiary/aromatic N) is 1. The molecule has 0 fully saturated rings. The molecule has 2 rings (SSSR count). The van der Waals surface area contributed by atoms with Crippen molar-refractivity contribution in [3.8, 4) is 0 Å². The Morgan fingerprint density at radius 3 is 2.65 bits per heavy atom. The predicted octanol–water partition coefficient (Wildman–Crippen LogP) is 2.40. The van der Waals surface area contributed by atoms with E-state index in [0.29, 0.717) is 12.1 Å². The molecular weight excluding hydrogens is 256 g/mol. The minimum absolute atomic E-state index is 0.353. The van der Waals surface area contributed by atoms with Gasteiger partial charge < -0.3 is 10.4 Å². The summed E-state index contributed by atoms with van der Waals surface area (Å²) in [7, 11) is 0. The Bertz CT molecular complexity index is 540. The number of amides is 2. The first-order valence-electron chi connectivity index (χ1n) is 6.78. The molecular formula is C15H20N2O3. The number of hydrogen-bond donors (Lipinski definition) is 2. The molecule has 20 heavy (non-hydrogen) atoms. The molecule has 5 heteroatoms. The Balaban J connectivity index is 2.31. The van der Waals surface area contributed by atoms with E-state index in [-0.39, 0.29) is 11.6 Å². The van der Waals surface area contributed by atoms with Gasteiger partial charge in [0.1, 0.15) is 6.04 Å². The van der Waals surface area contributed by atoms with E-state index in [2.05, 4.69) is 5.32 Å². The third kappa shape index (κ3) is 2.61. The van der Waals surface area contributed by atoms with Crippen LogP contribution in [0.3, 0.4) is 0 Å². The van der Waals surface area contributed by atoms with Crippen LogP contribution in [0.25, 0.3) is 0 Å². The zero-order chi connectivity index (χ0) is 14.9. The summed E-state index contributed by atoms with van der Waals surface area (Å²) in [4.78, 5) is 25.2. The van der Waals surface area contributed by atoms with Crippen LogP contribution < -0.4 is 10.2 Å². The number of anilines is 1. The number of carbonyl (C=O) groups is 2.